The quantitative estimate of drug-likeness (QED) is 0.0874. The lowest BCUT2D eigenvalue weighted by Gasteiger charge is -2.17. The van der Waals surface area contributed by atoms with Crippen molar-refractivity contribution in [3.63, 3.8) is 0 Å². The van der Waals surface area contributed by atoms with E-state index in [1.165, 1.54) is 0 Å². The number of carbonyl (C=O) groups is 1. The van der Waals surface area contributed by atoms with Gasteiger partial charge in [-0.1, -0.05) is 193 Å². The van der Waals surface area contributed by atoms with Gasteiger partial charge in [0.1, 0.15) is 0 Å². The smallest absolute Gasteiger partial charge is 0.219 e. The minimum Gasteiger partial charge on any atom is -0.491 e. The van der Waals surface area contributed by atoms with E-state index in [2.05, 4.69) is 167 Å². The summed E-state index contributed by atoms with van der Waals surface area (Å²) in [5.74, 6) is 36.0. The second-order valence-electron chi connectivity index (χ2n) is 17.6. The molecule has 1 amide bonds. The highest BCUT2D eigenvalue weighted by molar-refractivity contribution is 5.78. The Balaban J connectivity index is 1.50. The van der Waals surface area contributed by atoms with Gasteiger partial charge in [-0.2, -0.15) is 0 Å². The largest absolute Gasteiger partial charge is 0.491 e. The average molecular weight is 890 g/mol. The molecule has 0 aromatic heterocycles. The Bertz CT molecular complexity index is 2800. The predicted molar refractivity (Wildman–Crippen MR) is 283 cm³/mol. The van der Waals surface area contributed by atoms with Gasteiger partial charge in [-0.05, 0) is 115 Å². The van der Waals surface area contributed by atoms with Crippen LogP contribution in [0.1, 0.15) is 155 Å². The number of carbonyl (C=O) groups excluding carboxylic acids is 1. The fourth-order valence-corrected chi connectivity index (χ4v) is 7.32. The second-order valence-corrected chi connectivity index (χ2v) is 17.6. The lowest BCUT2D eigenvalue weighted by atomic mass is 9.89. The molecule has 340 valence electrons. The van der Waals surface area contributed by atoms with Crippen molar-refractivity contribution in [2.24, 2.45) is 0 Å². The molecule has 0 saturated heterocycles. The second kappa shape index (κ2) is 26.5. The number of unbranched alkanes of at least 4 members (excludes halogenated alkanes) is 7. The summed E-state index contributed by atoms with van der Waals surface area (Å²) in [6, 6.07) is 41.2. The van der Waals surface area contributed by atoms with Crippen LogP contribution in [0.25, 0.3) is 0 Å². The number of nitrogens with one attached hydrogen (secondary N) is 1. The first-order chi connectivity index (χ1) is 33.1. The van der Waals surface area contributed by atoms with E-state index in [9.17, 15) is 4.79 Å². The van der Waals surface area contributed by atoms with Gasteiger partial charge in [0.05, 0.1) is 34.4 Å². The molecule has 1 N–H and O–H groups in total. The van der Waals surface area contributed by atoms with Crippen LogP contribution in [-0.4, -0.2) is 19.1 Å². The normalized spacial score (nSPS) is 10.1. The summed E-state index contributed by atoms with van der Waals surface area (Å²) in [6.45, 7) is 13.7. The van der Waals surface area contributed by atoms with E-state index in [0.29, 0.717) is 46.6 Å². The molecule has 68 heavy (non-hydrogen) atoms. The van der Waals surface area contributed by atoms with Crippen LogP contribution in [0.15, 0.2) is 121 Å². The first-order valence-electron chi connectivity index (χ1n) is 24.2. The predicted octanol–water partition coefficient (Wildman–Crippen LogP) is 13.6. The zero-order valence-electron chi connectivity index (χ0n) is 40.8. The van der Waals surface area contributed by atoms with Crippen molar-refractivity contribution >= 4 is 5.91 Å². The van der Waals surface area contributed by atoms with Crippen molar-refractivity contribution in [3.05, 3.63) is 205 Å². The summed E-state index contributed by atoms with van der Waals surface area (Å²) in [5, 5.41) is 2.98. The molecule has 0 aliphatic carbocycles. The highest BCUT2D eigenvalue weighted by Gasteiger charge is 2.22. The standard InChI is InChI=1S/C65H63NO2/c1-7-47-66-64(67)16-14-12-10-8-9-11-13-15-48-68-65-62(45-40-57-33-23-52(5)24-34-57)60(43-38-55-29-19-50(3)20-30-55)59(42-37-54-27-17-49(2)18-28-54)61(44-39-56-31-21-51(4)22-32-56)63(65)46-41-58-35-25-53(6)26-36-58/h17-36H,7-16,47-48H2,1-6H3,(H,66,67). The highest BCUT2D eigenvalue weighted by Crippen LogP contribution is 2.34. The maximum Gasteiger partial charge on any atom is 0.219 e. The first-order valence-corrected chi connectivity index (χ1v) is 24.2. The van der Waals surface area contributed by atoms with E-state index in [-0.39, 0.29) is 5.91 Å². The Morgan fingerprint density at radius 1 is 0.382 bits per heavy atom. The Morgan fingerprint density at radius 2 is 0.662 bits per heavy atom. The molecule has 0 spiro atoms. The van der Waals surface area contributed by atoms with Gasteiger partial charge in [0.2, 0.25) is 5.91 Å². The average Bonchev–Trinajstić information content (AvgIpc) is 3.34. The number of hydrogen-bond acceptors (Lipinski definition) is 2. The van der Waals surface area contributed by atoms with Gasteiger partial charge in [-0.3, -0.25) is 4.79 Å². The van der Waals surface area contributed by atoms with Gasteiger partial charge in [0, 0.05) is 40.8 Å². The number of benzene rings is 6. The van der Waals surface area contributed by atoms with Crippen LogP contribution >= 0.6 is 0 Å². The maximum absolute atomic E-state index is 12.0. The van der Waals surface area contributed by atoms with Gasteiger partial charge in [-0.25, -0.2) is 0 Å². The number of ether oxygens (including phenoxy) is 1. The number of aryl methyl sites for hydroxylation is 5. The molecular weight excluding hydrogens is 827 g/mol. The molecule has 3 heteroatoms. The summed E-state index contributed by atoms with van der Waals surface area (Å²) in [5.41, 5.74) is 13.4. The molecular formula is C65H63NO2. The van der Waals surface area contributed by atoms with Gasteiger partial charge < -0.3 is 10.1 Å². The Labute approximate surface area is 407 Å². The number of hydrogen-bond donors (Lipinski definition) is 1. The summed E-state index contributed by atoms with van der Waals surface area (Å²) in [7, 11) is 0. The van der Waals surface area contributed by atoms with E-state index < -0.39 is 0 Å². The third-order valence-electron chi connectivity index (χ3n) is 11.5. The Kier molecular flexibility index (Phi) is 19.4. The van der Waals surface area contributed by atoms with E-state index >= 15 is 0 Å². The highest BCUT2D eigenvalue weighted by atomic mass is 16.5. The zero-order valence-corrected chi connectivity index (χ0v) is 40.8. The van der Waals surface area contributed by atoms with Crippen LogP contribution in [0, 0.1) is 93.8 Å². The zero-order chi connectivity index (χ0) is 47.9. The van der Waals surface area contributed by atoms with Crippen LogP contribution in [0.3, 0.4) is 0 Å². The van der Waals surface area contributed by atoms with Gasteiger partial charge in [0.25, 0.3) is 0 Å². The molecule has 6 aromatic carbocycles. The third-order valence-corrected chi connectivity index (χ3v) is 11.5. The van der Waals surface area contributed by atoms with Crippen LogP contribution in [0.2, 0.25) is 0 Å². The molecule has 3 nitrogen and oxygen atoms in total. The molecule has 0 aliphatic rings. The minimum absolute atomic E-state index is 0.168. The number of rotatable bonds is 14. The summed E-state index contributed by atoms with van der Waals surface area (Å²) in [6.07, 6.45) is 10.0. The molecule has 0 bridgehead atoms. The topological polar surface area (TPSA) is 38.3 Å². The van der Waals surface area contributed by atoms with Gasteiger partial charge in [-0.15, -0.1) is 0 Å². The maximum atomic E-state index is 12.0. The van der Waals surface area contributed by atoms with E-state index in [1.54, 1.807) is 0 Å². The van der Waals surface area contributed by atoms with Gasteiger partial charge in [0.15, 0.2) is 5.75 Å². The van der Waals surface area contributed by atoms with Crippen LogP contribution in [0.5, 0.6) is 5.75 Å². The molecule has 0 radical (unpaired) electrons. The molecule has 0 aliphatic heterocycles. The minimum atomic E-state index is 0.168. The van der Waals surface area contributed by atoms with Crippen molar-refractivity contribution in [3.8, 4) is 65.0 Å². The van der Waals surface area contributed by atoms with Crippen LogP contribution < -0.4 is 10.1 Å². The fraction of sp³-hybridized carbons (Fsp3) is 0.277. The molecule has 0 heterocycles. The summed E-state index contributed by atoms with van der Waals surface area (Å²) < 4.78 is 7.01. The Hall–Kier alpha value is -7.61. The Morgan fingerprint density at radius 3 is 0.985 bits per heavy atom. The fourth-order valence-electron chi connectivity index (χ4n) is 7.32. The molecule has 6 aromatic rings. The van der Waals surface area contributed by atoms with E-state index in [1.807, 2.05) is 60.7 Å². The molecule has 0 fully saturated rings. The van der Waals surface area contributed by atoms with Crippen molar-refractivity contribution < 1.29 is 9.53 Å². The SMILES string of the molecule is CCCNC(=O)CCCCCCCCCCOc1c(C#Cc2ccc(C)cc2)c(C#Cc2ccc(C)cc2)c(C#Cc2ccc(C)cc2)c(C#Cc2ccc(C)cc2)c1C#Cc1ccc(C)cc1. The summed E-state index contributed by atoms with van der Waals surface area (Å²) in [4.78, 5) is 12.0. The molecule has 0 saturated carbocycles. The molecule has 0 unspecified atom stereocenters. The lowest BCUT2D eigenvalue weighted by Crippen LogP contribution is -2.23. The monoisotopic (exact) mass is 889 g/mol. The van der Waals surface area contributed by atoms with Gasteiger partial charge >= 0.3 is 0 Å². The first kappa shape index (κ1) is 49.8. The van der Waals surface area contributed by atoms with E-state index in [4.69, 9.17) is 4.74 Å². The summed E-state index contributed by atoms with van der Waals surface area (Å²) >= 11 is 0. The van der Waals surface area contributed by atoms with Crippen molar-refractivity contribution in [2.45, 2.75) is 106 Å². The van der Waals surface area contributed by atoms with Crippen molar-refractivity contribution in [1.82, 2.24) is 5.32 Å². The van der Waals surface area contributed by atoms with Crippen molar-refractivity contribution in [2.75, 3.05) is 13.2 Å². The third kappa shape index (κ3) is 16.1. The van der Waals surface area contributed by atoms with Crippen LogP contribution in [-0.2, 0) is 4.79 Å². The lowest BCUT2D eigenvalue weighted by molar-refractivity contribution is -0.121. The molecule has 0 atom stereocenters. The van der Waals surface area contributed by atoms with Crippen molar-refractivity contribution in [1.29, 1.82) is 0 Å². The van der Waals surface area contributed by atoms with Crippen LogP contribution in [0.4, 0.5) is 0 Å². The molecule has 6 rings (SSSR count). The number of amides is 1. The van der Waals surface area contributed by atoms with E-state index in [0.717, 1.165) is 120 Å².